The number of aliphatic carboxylic acids is 2. The Morgan fingerprint density at radius 3 is 2.48 bits per heavy atom. The topological polar surface area (TPSA) is 162 Å². The summed E-state index contributed by atoms with van der Waals surface area (Å²) < 4.78 is 4.74. The fourth-order valence-electron chi connectivity index (χ4n) is 3.29. The molecule has 1 aromatic rings. The predicted molar refractivity (Wildman–Crippen MR) is 107 cm³/mol. The van der Waals surface area contributed by atoms with E-state index < -0.39 is 52.9 Å². The van der Waals surface area contributed by atoms with Crippen molar-refractivity contribution < 1.29 is 38.9 Å². The van der Waals surface area contributed by atoms with Crippen LogP contribution in [-0.2, 0) is 23.9 Å². The first-order valence-corrected chi connectivity index (χ1v) is 10.2. The molecule has 2 aliphatic heterocycles. The second-order valence-electron chi connectivity index (χ2n) is 6.56. The number of ether oxygens (including phenoxy) is 1. The van der Waals surface area contributed by atoms with Crippen molar-refractivity contribution in [3.05, 3.63) is 47.3 Å². The zero-order valence-corrected chi connectivity index (χ0v) is 17.0. The lowest BCUT2D eigenvalue weighted by Gasteiger charge is -2.49. The SMILES string of the molecule is CCOC(=O)NC1=C(C(=O)O)N2C(=O)C(NC(=O)C(C(=O)O)c3ccccc3)[C@@H]2SC1. The van der Waals surface area contributed by atoms with Gasteiger partial charge in [0.25, 0.3) is 5.91 Å². The number of carboxylic acids is 2. The molecular weight excluding hydrogens is 430 g/mol. The fourth-order valence-corrected chi connectivity index (χ4v) is 4.58. The van der Waals surface area contributed by atoms with Crippen LogP contribution in [0.1, 0.15) is 18.4 Å². The summed E-state index contributed by atoms with van der Waals surface area (Å²) >= 11 is 1.12. The van der Waals surface area contributed by atoms with Crippen LogP contribution >= 0.6 is 11.8 Å². The number of nitrogens with one attached hydrogen (secondary N) is 2. The Morgan fingerprint density at radius 2 is 1.90 bits per heavy atom. The number of carboxylic acid groups (broad SMARTS) is 2. The predicted octanol–water partition coefficient (Wildman–Crippen LogP) is 0.297. The van der Waals surface area contributed by atoms with Gasteiger partial charge in [0.2, 0.25) is 5.91 Å². The highest BCUT2D eigenvalue weighted by atomic mass is 32.2. The van der Waals surface area contributed by atoms with E-state index in [0.29, 0.717) is 0 Å². The minimum atomic E-state index is -1.52. The molecule has 1 aromatic carbocycles. The molecule has 0 aliphatic carbocycles. The van der Waals surface area contributed by atoms with Gasteiger partial charge in [-0.1, -0.05) is 30.3 Å². The largest absolute Gasteiger partial charge is 0.480 e. The van der Waals surface area contributed by atoms with Crippen LogP contribution < -0.4 is 10.6 Å². The monoisotopic (exact) mass is 449 g/mol. The van der Waals surface area contributed by atoms with Crippen LogP contribution in [0.25, 0.3) is 0 Å². The summed E-state index contributed by atoms with van der Waals surface area (Å²) in [7, 11) is 0. The zero-order chi connectivity index (χ0) is 22.7. The summed E-state index contributed by atoms with van der Waals surface area (Å²) in [5, 5.41) is 23.0. The number of fused-ring (bicyclic) bond motifs is 1. The minimum Gasteiger partial charge on any atom is -0.480 e. The third-order valence-electron chi connectivity index (χ3n) is 4.64. The normalized spacial score (nSPS) is 20.8. The third kappa shape index (κ3) is 4.33. The molecule has 0 bridgehead atoms. The molecule has 0 aromatic heterocycles. The van der Waals surface area contributed by atoms with E-state index in [4.69, 9.17) is 4.74 Å². The molecule has 2 aliphatic rings. The van der Waals surface area contributed by atoms with E-state index in [1.807, 2.05) is 0 Å². The number of alkyl carbamates (subject to hydrolysis) is 1. The summed E-state index contributed by atoms with van der Waals surface area (Å²) in [5.74, 6) is -5.88. The van der Waals surface area contributed by atoms with Crippen LogP contribution in [-0.4, -0.2) is 68.7 Å². The van der Waals surface area contributed by atoms with Crippen LogP contribution in [0.15, 0.2) is 41.7 Å². The highest BCUT2D eigenvalue weighted by Gasteiger charge is 2.55. The summed E-state index contributed by atoms with van der Waals surface area (Å²) in [6.45, 7) is 1.67. The highest BCUT2D eigenvalue weighted by molar-refractivity contribution is 8.00. The van der Waals surface area contributed by atoms with Crippen molar-refractivity contribution >= 4 is 41.6 Å². The maximum atomic E-state index is 12.6. The molecule has 164 valence electrons. The Kier molecular flexibility index (Phi) is 6.49. The first-order chi connectivity index (χ1) is 14.8. The van der Waals surface area contributed by atoms with E-state index in [-0.39, 0.29) is 23.6 Å². The van der Waals surface area contributed by atoms with E-state index in [1.165, 1.54) is 12.1 Å². The van der Waals surface area contributed by atoms with E-state index in [2.05, 4.69) is 10.6 Å². The summed E-state index contributed by atoms with van der Waals surface area (Å²) in [4.78, 5) is 61.3. The van der Waals surface area contributed by atoms with E-state index in [1.54, 1.807) is 25.1 Å². The molecule has 2 heterocycles. The molecule has 12 heteroatoms. The van der Waals surface area contributed by atoms with Crippen molar-refractivity contribution in [2.24, 2.45) is 0 Å². The molecule has 0 radical (unpaired) electrons. The third-order valence-corrected chi connectivity index (χ3v) is 5.92. The second-order valence-corrected chi connectivity index (χ2v) is 7.66. The summed E-state index contributed by atoms with van der Waals surface area (Å²) in [6, 6.07) is 6.74. The Balaban J connectivity index is 1.78. The molecule has 3 amide bonds. The van der Waals surface area contributed by atoms with Crippen molar-refractivity contribution in [1.82, 2.24) is 15.5 Å². The first kappa shape index (κ1) is 22.2. The Bertz CT molecular complexity index is 964. The number of hydrogen-bond donors (Lipinski definition) is 4. The van der Waals surface area contributed by atoms with E-state index >= 15 is 0 Å². The lowest BCUT2D eigenvalue weighted by Crippen LogP contribution is -2.71. The molecule has 2 unspecified atom stereocenters. The smallest absolute Gasteiger partial charge is 0.411 e. The zero-order valence-electron chi connectivity index (χ0n) is 16.2. The molecule has 4 N–H and O–H groups in total. The number of carbonyl (C=O) groups excluding carboxylic acids is 3. The number of nitrogens with zero attached hydrogens (tertiary/aromatic N) is 1. The molecular formula is C19H19N3O8S. The van der Waals surface area contributed by atoms with Gasteiger partial charge in [0, 0.05) is 5.75 Å². The van der Waals surface area contributed by atoms with Gasteiger partial charge in [0.1, 0.15) is 11.4 Å². The number of β-lactam (4-membered cyclic amide) rings is 1. The standard InChI is InChI=1S/C19H19N3O8S/c1-2-30-19(29)20-10-8-31-16-12(15(24)22(16)13(10)18(27)28)21-14(23)11(17(25)26)9-6-4-3-5-7-9/h3-7,11-12,16H,2,8H2,1H3,(H,20,29)(H,21,23)(H,25,26)(H,27,28)/t11?,12?,16-/m0/s1. The van der Waals surface area contributed by atoms with Gasteiger partial charge < -0.3 is 20.3 Å². The van der Waals surface area contributed by atoms with E-state index in [9.17, 15) is 34.2 Å². The summed E-state index contributed by atoms with van der Waals surface area (Å²) in [6.07, 6.45) is -0.847. The van der Waals surface area contributed by atoms with Crippen molar-refractivity contribution in [2.45, 2.75) is 24.3 Å². The Hall–Kier alpha value is -3.54. The van der Waals surface area contributed by atoms with Crippen LogP contribution in [0.4, 0.5) is 4.79 Å². The molecule has 1 fully saturated rings. The molecule has 0 saturated carbocycles. The van der Waals surface area contributed by atoms with Crippen LogP contribution in [0, 0.1) is 0 Å². The maximum Gasteiger partial charge on any atom is 0.411 e. The highest BCUT2D eigenvalue weighted by Crippen LogP contribution is 2.40. The van der Waals surface area contributed by atoms with Gasteiger partial charge in [-0.15, -0.1) is 11.8 Å². The van der Waals surface area contributed by atoms with Crippen LogP contribution in [0.2, 0.25) is 0 Å². The van der Waals surface area contributed by atoms with Crippen molar-refractivity contribution in [1.29, 1.82) is 0 Å². The number of thioether (sulfide) groups is 1. The van der Waals surface area contributed by atoms with Crippen LogP contribution in [0.3, 0.4) is 0 Å². The van der Waals surface area contributed by atoms with Gasteiger partial charge in [0.05, 0.1) is 12.3 Å². The van der Waals surface area contributed by atoms with Crippen molar-refractivity contribution in [3.8, 4) is 0 Å². The van der Waals surface area contributed by atoms with Crippen LogP contribution in [0.5, 0.6) is 0 Å². The lowest BCUT2D eigenvalue weighted by atomic mass is 9.96. The molecule has 3 atom stereocenters. The van der Waals surface area contributed by atoms with Gasteiger partial charge in [0.15, 0.2) is 11.6 Å². The quantitative estimate of drug-likeness (QED) is 0.339. The molecule has 11 nitrogen and oxygen atoms in total. The molecule has 0 spiro atoms. The Morgan fingerprint density at radius 1 is 1.23 bits per heavy atom. The average molecular weight is 449 g/mol. The second kappa shape index (κ2) is 9.08. The van der Waals surface area contributed by atoms with Gasteiger partial charge in [-0.3, -0.25) is 24.6 Å². The molecule has 1 saturated heterocycles. The number of carbonyl (C=O) groups is 5. The maximum absolute atomic E-state index is 12.6. The molecule has 31 heavy (non-hydrogen) atoms. The lowest BCUT2D eigenvalue weighted by molar-refractivity contribution is -0.152. The van der Waals surface area contributed by atoms with Crippen molar-refractivity contribution in [2.75, 3.05) is 12.4 Å². The van der Waals surface area contributed by atoms with Gasteiger partial charge in [-0.25, -0.2) is 9.59 Å². The molecule has 3 rings (SSSR count). The summed E-state index contributed by atoms with van der Waals surface area (Å²) in [5.41, 5.74) is -0.164. The minimum absolute atomic E-state index is 0.00183. The fraction of sp³-hybridized carbons (Fsp3) is 0.316. The average Bonchev–Trinajstić information content (AvgIpc) is 2.72. The number of benzene rings is 1. The van der Waals surface area contributed by atoms with Crippen molar-refractivity contribution in [3.63, 3.8) is 0 Å². The number of amides is 3. The first-order valence-electron chi connectivity index (χ1n) is 9.19. The van der Waals surface area contributed by atoms with Gasteiger partial charge >= 0.3 is 18.0 Å². The Labute approximate surface area is 180 Å². The van der Waals surface area contributed by atoms with E-state index in [0.717, 1.165) is 16.7 Å². The van der Waals surface area contributed by atoms with Gasteiger partial charge in [-0.2, -0.15) is 0 Å². The van der Waals surface area contributed by atoms with Gasteiger partial charge in [-0.05, 0) is 12.5 Å². The number of hydrogen-bond acceptors (Lipinski definition) is 7. The number of rotatable bonds is 7.